The van der Waals surface area contributed by atoms with Crippen molar-refractivity contribution in [3.63, 3.8) is 0 Å². The Morgan fingerprint density at radius 2 is 1.21 bits per heavy atom. The van der Waals surface area contributed by atoms with Crippen LogP contribution in [0.5, 0.6) is 11.5 Å². The van der Waals surface area contributed by atoms with E-state index in [1.54, 1.807) is 31.2 Å². The lowest BCUT2D eigenvalue weighted by Crippen LogP contribution is -2.45. The number of ketones is 1. The molecule has 34 heavy (non-hydrogen) atoms. The highest BCUT2D eigenvalue weighted by atomic mass is 16.5. The molecule has 1 N–H and O–H groups in total. The van der Waals surface area contributed by atoms with Crippen molar-refractivity contribution in [2.45, 2.75) is 38.5 Å². The van der Waals surface area contributed by atoms with Crippen molar-refractivity contribution in [3.8, 4) is 11.5 Å². The van der Waals surface area contributed by atoms with Crippen LogP contribution in [-0.2, 0) is 13.1 Å². The third-order valence-electron chi connectivity index (χ3n) is 6.86. The Morgan fingerprint density at radius 3 is 1.65 bits per heavy atom. The van der Waals surface area contributed by atoms with Crippen LogP contribution in [0.2, 0.25) is 0 Å². The minimum atomic E-state index is -0.884. The first-order chi connectivity index (χ1) is 16.4. The summed E-state index contributed by atoms with van der Waals surface area (Å²) in [7, 11) is 0. The number of fused-ring (bicyclic) bond motifs is 2. The minimum absolute atomic E-state index is 0.0454. The largest absolute Gasteiger partial charge is 0.478 e. The van der Waals surface area contributed by atoms with Gasteiger partial charge in [-0.1, -0.05) is 24.3 Å². The van der Waals surface area contributed by atoms with E-state index in [-0.39, 0.29) is 5.78 Å². The summed E-state index contributed by atoms with van der Waals surface area (Å²) in [4.78, 5) is 27.5. The molecule has 0 saturated carbocycles. The van der Waals surface area contributed by atoms with Crippen LogP contribution in [0.4, 0.5) is 0 Å². The quantitative estimate of drug-likeness (QED) is 0.489. The van der Waals surface area contributed by atoms with Crippen molar-refractivity contribution in [1.82, 2.24) is 9.80 Å². The van der Waals surface area contributed by atoms with E-state index in [1.165, 1.54) is 12.0 Å². The number of hydrogen-bond donors (Lipinski definition) is 1. The molecule has 0 radical (unpaired) electrons. The van der Waals surface area contributed by atoms with Gasteiger partial charge in [0.05, 0.1) is 5.56 Å². The first kappa shape index (κ1) is 22.3. The highest BCUT2D eigenvalue weighted by Crippen LogP contribution is 2.33. The molecule has 0 aromatic heterocycles. The predicted molar refractivity (Wildman–Crippen MR) is 129 cm³/mol. The number of piperazine rings is 1. The van der Waals surface area contributed by atoms with Crippen LogP contribution >= 0.6 is 0 Å². The standard InChI is InChI=1S/C28H28N2O4/c1-19(31)22-8-12-27(13-9-22)34-26-10-4-21(5-11-26)16-30-18-24-14-25(30)17-29(24)15-20-2-6-23(7-3-20)28(32)33/h2-13,24-25H,14-18H2,1H3,(H,32,33)/t24-,25-/m0/s1. The van der Waals surface area contributed by atoms with Gasteiger partial charge in [0.15, 0.2) is 5.78 Å². The molecular formula is C28H28N2O4. The van der Waals surface area contributed by atoms with E-state index in [0.29, 0.717) is 29.0 Å². The number of ether oxygens (including phenoxy) is 1. The van der Waals surface area contributed by atoms with Gasteiger partial charge in [0.25, 0.3) is 0 Å². The van der Waals surface area contributed by atoms with Crippen LogP contribution in [0.3, 0.4) is 0 Å². The molecule has 2 atom stereocenters. The van der Waals surface area contributed by atoms with E-state index in [9.17, 15) is 9.59 Å². The Kier molecular flexibility index (Phi) is 6.18. The second kappa shape index (κ2) is 9.41. The maximum absolute atomic E-state index is 11.4. The van der Waals surface area contributed by atoms with Crippen molar-refractivity contribution in [2.24, 2.45) is 0 Å². The molecule has 174 valence electrons. The first-order valence-corrected chi connectivity index (χ1v) is 11.6. The third kappa shape index (κ3) is 4.88. The maximum Gasteiger partial charge on any atom is 0.335 e. The van der Waals surface area contributed by atoms with Gasteiger partial charge in [-0.15, -0.1) is 0 Å². The zero-order valence-corrected chi connectivity index (χ0v) is 19.2. The monoisotopic (exact) mass is 456 g/mol. The summed E-state index contributed by atoms with van der Waals surface area (Å²) in [6.45, 7) is 5.45. The fourth-order valence-electron chi connectivity index (χ4n) is 5.00. The highest BCUT2D eigenvalue weighted by Gasteiger charge is 2.42. The highest BCUT2D eigenvalue weighted by molar-refractivity contribution is 5.94. The summed E-state index contributed by atoms with van der Waals surface area (Å²) in [6.07, 6.45) is 1.19. The molecule has 2 fully saturated rings. The molecule has 2 saturated heterocycles. The first-order valence-electron chi connectivity index (χ1n) is 11.6. The molecular weight excluding hydrogens is 428 g/mol. The summed E-state index contributed by atoms with van der Waals surface area (Å²) < 4.78 is 5.91. The number of carbonyl (C=O) groups excluding carboxylic acids is 1. The Bertz CT molecular complexity index is 1170. The van der Waals surface area contributed by atoms with Crippen molar-refractivity contribution in [2.75, 3.05) is 13.1 Å². The number of benzene rings is 3. The summed E-state index contributed by atoms with van der Waals surface area (Å²) in [5, 5.41) is 9.07. The van der Waals surface area contributed by atoms with E-state index >= 15 is 0 Å². The van der Waals surface area contributed by atoms with Gasteiger partial charge in [-0.3, -0.25) is 14.6 Å². The van der Waals surface area contributed by atoms with Crippen LogP contribution < -0.4 is 4.74 Å². The average molecular weight is 457 g/mol. The predicted octanol–water partition coefficient (Wildman–Crippen LogP) is 4.84. The molecule has 6 heteroatoms. The van der Waals surface area contributed by atoms with Crippen LogP contribution in [0, 0.1) is 0 Å². The van der Waals surface area contributed by atoms with Gasteiger partial charge in [-0.05, 0) is 73.0 Å². The number of likely N-dealkylation sites (tertiary alicyclic amines) is 2. The van der Waals surface area contributed by atoms with Crippen molar-refractivity contribution >= 4 is 11.8 Å². The number of rotatable bonds is 8. The van der Waals surface area contributed by atoms with Crippen LogP contribution in [0.1, 0.15) is 45.2 Å². The molecule has 0 aliphatic carbocycles. The fourth-order valence-corrected chi connectivity index (χ4v) is 5.00. The van der Waals surface area contributed by atoms with Gasteiger partial charge in [0.2, 0.25) is 0 Å². The molecule has 0 unspecified atom stereocenters. The number of hydrogen-bond acceptors (Lipinski definition) is 5. The van der Waals surface area contributed by atoms with E-state index in [4.69, 9.17) is 9.84 Å². The summed E-state index contributed by atoms with van der Waals surface area (Å²) in [6, 6.07) is 23.7. The molecule has 2 bridgehead atoms. The molecule has 0 amide bonds. The zero-order chi connectivity index (χ0) is 23.7. The number of carbonyl (C=O) groups is 2. The summed E-state index contributed by atoms with van der Waals surface area (Å²) in [5.41, 5.74) is 3.44. The normalized spacial score (nSPS) is 19.9. The molecule has 2 aliphatic rings. The minimum Gasteiger partial charge on any atom is -0.478 e. The van der Waals surface area contributed by atoms with Gasteiger partial charge in [-0.25, -0.2) is 4.79 Å². The SMILES string of the molecule is CC(=O)c1ccc(Oc2ccc(CN3C[C@@H]4C[C@H]3CN4Cc3ccc(C(=O)O)cc3)cc2)cc1. The Balaban J connectivity index is 1.13. The number of aromatic carboxylic acids is 1. The number of nitrogens with zero attached hydrogens (tertiary/aromatic N) is 2. The van der Waals surface area contributed by atoms with E-state index < -0.39 is 5.97 Å². The summed E-state index contributed by atoms with van der Waals surface area (Å²) in [5.74, 6) is 0.657. The Labute approximate surface area is 199 Å². The van der Waals surface area contributed by atoms with Crippen molar-refractivity contribution in [1.29, 1.82) is 0 Å². The van der Waals surface area contributed by atoms with Crippen molar-refractivity contribution < 1.29 is 19.4 Å². The van der Waals surface area contributed by atoms with Crippen LogP contribution in [0.25, 0.3) is 0 Å². The maximum atomic E-state index is 11.4. The van der Waals surface area contributed by atoms with Crippen LogP contribution in [-0.4, -0.2) is 51.8 Å². The zero-order valence-electron chi connectivity index (χ0n) is 19.2. The lowest BCUT2D eigenvalue weighted by molar-refractivity contribution is 0.0696. The molecule has 2 heterocycles. The van der Waals surface area contributed by atoms with Gasteiger partial charge < -0.3 is 9.84 Å². The van der Waals surface area contributed by atoms with E-state index in [2.05, 4.69) is 21.9 Å². The van der Waals surface area contributed by atoms with Gasteiger partial charge >= 0.3 is 5.97 Å². The summed E-state index contributed by atoms with van der Waals surface area (Å²) >= 11 is 0. The molecule has 0 spiro atoms. The van der Waals surface area contributed by atoms with Gasteiger partial charge in [-0.2, -0.15) is 0 Å². The lowest BCUT2D eigenvalue weighted by Gasteiger charge is -2.34. The number of Topliss-reactive ketones (excluding diaryl/α,β-unsaturated/α-hetero) is 1. The van der Waals surface area contributed by atoms with Gasteiger partial charge in [0, 0.05) is 43.8 Å². The third-order valence-corrected chi connectivity index (χ3v) is 6.86. The molecule has 6 nitrogen and oxygen atoms in total. The van der Waals surface area contributed by atoms with E-state index in [0.717, 1.165) is 37.5 Å². The number of carboxylic acids is 1. The number of carboxylic acid groups (broad SMARTS) is 1. The average Bonchev–Trinajstić information content (AvgIpc) is 3.41. The molecule has 3 aromatic rings. The molecule has 3 aromatic carbocycles. The Morgan fingerprint density at radius 1 is 0.765 bits per heavy atom. The lowest BCUT2D eigenvalue weighted by atomic mass is 10.1. The van der Waals surface area contributed by atoms with Gasteiger partial charge in [0.1, 0.15) is 11.5 Å². The Hall–Kier alpha value is -3.48. The second-order valence-corrected chi connectivity index (χ2v) is 9.23. The smallest absolute Gasteiger partial charge is 0.335 e. The topological polar surface area (TPSA) is 70.1 Å². The second-order valence-electron chi connectivity index (χ2n) is 9.23. The molecule has 5 rings (SSSR count). The van der Waals surface area contributed by atoms with Crippen molar-refractivity contribution in [3.05, 3.63) is 95.1 Å². The van der Waals surface area contributed by atoms with E-state index in [1.807, 2.05) is 36.4 Å². The fraction of sp³-hybridized carbons (Fsp3) is 0.286. The van der Waals surface area contributed by atoms with Crippen LogP contribution in [0.15, 0.2) is 72.8 Å². The molecule has 2 aliphatic heterocycles.